The number of hydrogen-bond donors (Lipinski definition) is 2. The first kappa shape index (κ1) is 15.5. The molecule has 2 aromatic rings. The molecule has 1 aliphatic rings. The number of nitrogens with zero attached hydrogens (tertiary/aromatic N) is 1. The van der Waals surface area contributed by atoms with Crippen LogP contribution >= 0.6 is 0 Å². The van der Waals surface area contributed by atoms with Crippen LogP contribution in [0.1, 0.15) is 18.4 Å². The predicted octanol–water partition coefficient (Wildman–Crippen LogP) is 2.93. The van der Waals surface area contributed by atoms with Crippen molar-refractivity contribution in [2.45, 2.75) is 25.5 Å². The third-order valence-corrected chi connectivity index (χ3v) is 4.01. The Morgan fingerprint density at radius 3 is 2.83 bits per heavy atom. The minimum atomic E-state index is -0.346. The molecule has 1 fully saturated rings. The van der Waals surface area contributed by atoms with Crippen LogP contribution in [-0.2, 0) is 11.4 Å². The topological polar surface area (TPSA) is 52.6 Å². The number of carbonyl (C=O) groups is 1. The quantitative estimate of drug-likeness (QED) is 0.912. The molecule has 1 aliphatic heterocycles. The van der Waals surface area contributed by atoms with Gasteiger partial charge in [0.05, 0.1) is 6.61 Å². The van der Waals surface area contributed by atoms with Crippen LogP contribution in [0.25, 0.3) is 0 Å². The van der Waals surface area contributed by atoms with E-state index in [0.29, 0.717) is 12.2 Å². The summed E-state index contributed by atoms with van der Waals surface area (Å²) in [5.41, 5.74) is 2.18. The highest BCUT2D eigenvalue weighted by Crippen LogP contribution is 2.24. The van der Waals surface area contributed by atoms with Gasteiger partial charge in [0.1, 0.15) is 11.9 Å². The number of aliphatic hydroxyl groups is 1. The molecule has 23 heavy (non-hydrogen) atoms. The molecule has 0 bridgehead atoms. The maximum absolute atomic E-state index is 13.4. The molecule has 2 aromatic carbocycles. The van der Waals surface area contributed by atoms with Gasteiger partial charge in [-0.25, -0.2) is 4.39 Å². The van der Waals surface area contributed by atoms with Crippen LogP contribution < -0.4 is 10.2 Å². The minimum absolute atomic E-state index is 0.0381. The number of piperidine rings is 1. The van der Waals surface area contributed by atoms with Gasteiger partial charge in [-0.2, -0.15) is 0 Å². The van der Waals surface area contributed by atoms with E-state index in [4.69, 9.17) is 0 Å². The first-order valence-electron chi connectivity index (χ1n) is 7.70. The summed E-state index contributed by atoms with van der Waals surface area (Å²) >= 11 is 0. The number of aliphatic hydroxyl groups excluding tert-OH is 1. The van der Waals surface area contributed by atoms with Crippen LogP contribution in [0.4, 0.5) is 15.8 Å². The van der Waals surface area contributed by atoms with Crippen molar-refractivity contribution in [1.29, 1.82) is 0 Å². The molecule has 120 valence electrons. The van der Waals surface area contributed by atoms with Crippen LogP contribution in [0.3, 0.4) is 0 Å². The van der Waals surface area contributed by atoms with Crippen LogP contribution in [0.2, 0.25) is 0 Å². The molecule has 3 rings (SSSR count). The number of amides is 1. The van der Waals surface area contributed by atoms with E-state index in [2.05, 4.69) is 5.32 Å². The smallest absolute Gasteiger partial charge is 0.249 e. The lowest BCUT2D eigenvalue weighted by Gasteiger charge is -2.33. The molecule has 1 amide bonds. The maximum atomic E-state index is 13.4. The molecule has 1 saturated heterocycles. The summed E-state index contributed by atoms with van der Waals surface area (Å²) in [6, 6.07) is 13.1. The van der Waals surface area contributed by atoms with Gasteiger partial charge in [-0.3, -0.25) is 4.79 Å². The molecular formula is C18H19FN2O2. The lowest BCUT2D eigenvalue weighted by Crippen LogP contribution is -2.47. The predicted molar refractivity (Wildman–Crippen MR) is 87.8 cm³/mol. The van der Waals surface area contributed by atoms with Crippen LogP contribution in [0.15, 0.2) is 48.5 Å². The van der Waals surface area contributed by atoms with Gasteiger partial charge in [-0.05, 0) is 48.7 Å². The number of benzene rings is 2. The number of hydrogen-bond acceptors (Lipinski definition) is 3. The van der Waals surface area contributed by atoms with E-state index in [-0.39, 0.29) is 24.4 Å². The van der Waals surface area contributed by atoms with E-state index in [0.717, 1.165) is 24.1 Å². The number of rotatable bonds is 4. The Hall–Kier alpha value is -2.40. The Morgan fingerprint density at radius 1 is 1.22 bits per heavy atom. The van der Waals surface area contributed by atoms with E-state index >= 15 is 0 Å². The fourth-order valence-corrected chi connectivity index (χ4v) is 2.87. The molecule has 1 atom stereocenters. The highest BCUT2D eigenvalue weighted by Gasteiger charge is 2.29. The standard InChI is InChI=1S/C18H19FN2O2/c19-14-5-2-7-16(11-14)21-9-3-8-17(18(21)23)20-15-6-1-4-13(10-15)12-22/h1-2,4-7,10-11,17,20,22H,3,8-9,12H2. The lowest BCUT2D eigenvalue weighted by atomic mass is 10.0. The second-order valence-electron chi connectivity index (χ2n) is 5.67. The summed E-state index contributed by atoms with van der Waals surface area (Å²) in [7, 11) is 0. The Morgan fingerprint density at radius 2 is 2.04 bits per heavy atom. The zero-order valence-corrected chi connectivity index (χ0v) is 12.7. The molecule has 0 aliphatic carbocycles. The van der Waals surface area contributed by atoms with E-state index in [1.807, 2.05) is 24.3 Å². The average molecular weight is 314 g/mol. The van der Waals surface area contributed by atoms with E-state index in [1.165, 1.54) is 12.1 Å². The summed E-state index contributed by atoms with van der Waals surface area (Å²) in [6.45, 7) is 0.556. The van der Waals surface area contributed by atoms with Gasteiger partial charge in [-0.15, -0.1) is 0 Å². The van der Waals surface area contributed by atoms with Crippen LogP contribution in [0, 0.1) is 5.82 Å². The summed E-state index contributed by atoms with van der Waals surface area (Å²) < 4.78 is 13.4. The van der Waals surface area contributed by atoms with Gasteiger partial charge in [0.15, 0.2) is 0 Å². The molecule has 1 unspecified atom stereocenters. The van der Waals surface area contributed by atoms with Gasteiger partial charge in [0.2, 0.25) is 5.91 Å². The molecule has 0 saturated carbocycles. The highest BCUT2D eigenvalue weighted by atomic mass is 19.1. The summed E-state index contributed by atoms with van der Waals surface area (Å²) in [5.74, 6) is -0.405. The first-order valence-corrected chi connectivity index (χ1v) is 7.70. The minimum Gasteiger partial charge on any atom is -0.392 e. The summed E-state index contributed by atoms with van der Waals surface area (Å²) in [6.07, 6.45) is 1.58. The van der Waals surface area contributed by atoms with Crippen molar-refractivity contribution in [3.05, 3.63) is 59.9 Å². The zero-order chi connectivity index (χ0) is 16.2. The van der Waals surface area contributed by atoms with E-state index < -0.39 is 0 Å². The summed E-state index contributed by atoms with van der Waals surface area (Å²) in [5, 5.41) is 12.4. The van der Waals surface area contributed by atoms with Gasteiger partial charge in [-0.1, -0.05) is 18.2 Å². The Balaban J connectivity index is 1.77. The van der Waals surface area contributed by atoms with Crippen molar-refractivity contribution < 1.29 is 14.3 Å². The monoisotopic (exact) mass is 314 g/mol. The molecule has 1 heterocycles. The molecular weight excluding hydrogens is 295 g/mol. The van der Waals surface area contributed by atoms with Gasteiger partial charge in [0.25, 0.3) is 0 Å². The number of anilines is 2. The Bertz CT molecular complexity index is 705. The third-order valence-electron chi connectivity index (χ3n) is 4.01. The van der Waals surface area contributed by atoms with Gasteiger partial charge < -0.3 is 15.3 Å². The largest absolute Gasteiger partial charge is 0.392 e. The van der Waals surface area contributed by atoms with E-state index in [9.17, 15) is 14.3 Å². The maximum Gasteiger partial charge on any atom is 0.249 e. The van der Waals surface area contributed by atoms with Crippen LogP contribution in [0.5, 0.6) is 0 Å². The Kier molecular flexibility index (Phi) is 4.57. The SMILES string of the molecule is O=C1C(Nc2cccc(CO)c2)CCCN1c1cccc(F)c1. The second-order valence-corrected chi connectivity index (χ2v) is 5.67. The molecule has 0 spiro atoms. The molecule has 0 radical (unpaired) electrons. The number of carbonyl (C=O) groups excluding carboxylic acids is 1. The average Bonchev–Trinajstić information content (AvgIpc) is 2.57. The molecule has 2 N–H and O–H groups in total. The Labute approximate surface area is 134 Å². The second kappa shape index (κ2) is 6.79. The fraction of sp³-hybridized carbons (Fsp3) is 0.278. The number of halogens is 1. The normalized spacial score (nSPS) is 18.1. The molecule has 0 aromatic heterocycles. The molecule has 5 heteroatoms. The van der Waals surface area contributed by atoms with Crippen LogP contribution in [-0.4, -0.2) is 23.6 Å². The van der Waals surface area contributed by atoms with Crippen molar-refractivity contribution in [2.75, 3.05) is 16.8 Å². The van der Waals surface area contributed by atoms with Crippen molar-refractivity contribution in [3.8, 4) is 0 Å². The van der Waals surface area contributed by atoms with Crippen molar-refractivity contribution in [3.63, 3.8) is 0 Å². The fourth-order valence-electron chi connectivity index (χ4n) is 2.87. The van der Waals surface area contributed by atoms with Gasteiger partial charge in [0, 0.05) is 17.9 Å². The summed E-state index contributed by atoms with van der Waals surface area (Å²) in [4.78, 5) is 14.3. The van der Waals surface area contributed by atoms with Crippen molar-refractivity contribution >= 4 is 17.3 Å². The van der Waals surface area contributed by atoms with E-state index in [1.54, 1.807) is 17.0 Å². The molecule has 4 nitrogen and oxygen atoms in total. The lowest BCUT2D eigenvalue weighted by molar-refractivity contribution is -0.120. The highest BCUT2D eigenvalue weighted by molar-refractivity contribution is 5.99. The number of nitrogens with one attached hydrogen (secondary N) is 1. The third kappa shape index (κ3) is 3.51. The van der Waals surface area contributed by atoms with Gasteiger partial charge >= 0.3 is 0 Å². The van der Waals surface area contributed by atoms with Crippen molar-refractivity contribution in [2.24, 2.45) is 0 Å². The first-order chi connectivity index (χ1) is 11.2. The zero-order valence-electron chi connectivity index (χ0n) is 12.7. The van der Waals surface area contributed by atoms with Crippen molar-refractivity contribution in [1.82, 2.24) is 0 Å².